The summed E-state index contributed by atoms with van der Waals surface area (Å²) in [4.78, 5) is 4.78. The Labute approximate surface area is 330 Å². The molecule has 0 amide bonds. The maximum atomic E-state index is 2.42. The lowest BCUT2D eigenvalue weighted by Gasteiger charge is -2.39. The molecule has 1 aromatic heterocycles. The van der Waals surface area contributed by atoms with Crippen molar-refractivity contribution in [3.63, 3.8) is 0 Å². The quantitative estimate of drug-likeness (QED) is 0.174. The number of hydrogen-bond acceptors (Lipinski definition) is 3. The molecule has 2 heterocycles. The van der Waals surface area contributed by atoms with Crippen LogP contribution in [0.1, 0.15) is 0 Å². The number of benzene rings is 9. The van der Waals surface area contributed by atoms with Gasteiger partial charge in [0.2, 0.25) is 0 Å². The van der Waals surface area contributed by atoms with Crippen LogP contribution in [0.4, 0.5) is 28.4 Å². The first-order valence-corrected chi connectivity index (χ1v) is 20.0. The fraction of sp³-hybridized carbons (Fsp3) is 0.0189. The zero-order valence-electron chi connectivity index (χ0n) is 30.9. The van der Waals surface area contributed by atoms with Gasteiger partial charge >= 0.3 is 0 Å². The molecule has 0 saturated carbocycles. The van der Waals surface area contributed by atoms with Crippen molar-refractivity contribution in [2.75, 3.05) is 16.8 Å². The molecule has 0 spiro atoms. The van der Waals surface area contributed by atoms with Crippen LogP contribution in [0.5, 0.6) is 0 Å². The number of rotatable bonds is 5. The summed E-state index contributed by atoms with van der Waals surface area (Å²) < 4.78 is 2.67. The van der Waals surface area contributed by atoms with Gasteiger partial charge in [-0.15, -0.1) is 11.3 Å². The molecular weight excluding hydrogens is 697 g/mol. The molecule has 9 aromatic carbocycles. The van der Waals surface area contributed by atoms with Gasteiger partial charge in [0.25, 0.3) is 0 Å². The Kier molecular flexibility index (Phi) is 7.61. The van der Waals surface area contributed by atoms with Crippen LogP contribution < -0.4 is 9.80 Å². The minimum atomic E-state index is 1.13. The lowest BCUT2D eigenvalue weighted by atomic mass is 9.95. The lowest BCUT2D eigenvalue weighted by Crippen LogP contribution is -2.24. The summed E-state index contributed by atoms with van der Waals surface area (Å²) in [7, 11) is 2.20. The van der Waals surface area contributed by atoms with Gasteiger partial charge in [-0.2, -0.15) is 0 Å². The summed E-state index contributed by atoms with van der Waals surface area (Å²) in [5.41, 5.74) is 15.5. The Balaban J connectivity index is 0.969. The fourth-order valence-electron chi connectivity index (χ4n) is 8.52. The molecule has 0 bridgehead atoms. The van der Waals surface area contributed by atoms with Crippen molar-refractivity contribution >= 4 is 70.7 Å². The maximum absolute atomic E-state index is 2.42. The van der Waals surface area contributed by atoms with Gasteiger partial charge < -0.3 is 9.80 Å². The highest BCUT2D eigenvalue weighted by Crippen LogP contribution is 2.53. The number of anilines is 5. The smallest absolute Gasteiger partial charge is 0.0700 e. The van der Waals surface area contributed by atoms with E-state index in [4.69, 9.17) is 0 Å². The van der Waals surface area contributed by atoms with Crippen LogP contribution in [-0.2, 0) is 0 Å². The Morgan fingerprint density at radius 1 is 0.339 bits per heavy atom. The first-order chi connectivity index (χ1) is 27.7. The second-order valence-corrected chi connectivity index (χ2v) is 15.7. The first kappa shape index (κ1) is 32.5. The Morgan fingerprint density at radius 2 is 0.857 bits per heavy atom. The molecule has 0 aliphatic carbocycles. The molecule has 0 fully saturated rings. The van der Waals surface area contributed by atoms with E-state index in [0.29, 0.717) is 0 Å². The Morgan fingerprint density at radius 3 is 1.62 bits per heavy atom. The topological polar surface area (TPSA) is 6.48 Å². The third kappa shape index (κ3) is 5.39. The Bertz CT molecular complexity index is 3080. The molecule has 0 saturated heterocycles. The molecule has 0 N–H and O–H groups in total. The van der Waals surface area contributed by atoms with E-state index >= 15 is 0 Å². The molecule has 0 unspecified atom stereocenters. The van der Waals surface area contributed by atoms with Gasteiger partial charge in [0.05, 0.1) is 22.7 Å². The highest BCUT2D eigenvalue weighted by Gasteiger charge is 2.29. The molecule has 0 atom stereocenters. The number of nitrogens with zero attached hydrogens (tertiary/aromatic N) is 2. The summed E-state index contributed by atoms with van der Waals surface area (Å²) in [6.45, 7) is 0. The second kappa shape index (κ2) is 13.1. The van der Waals surface area contributed by atoms with E-state index in [1.165, 1.54) is 86.8 Å². The van der Waals surface area contributed by atoms with E-state index in [0.717, 1.165) is 17.1 Å². The lowest BCUT2D eigenvalue weighted by molar-refractivity contribution is 1.13. The van der Waals surface area contributed by atoms with E-state index in [2.05, 4.69) is 217 Å². The normalized spacial score (nSPS) is 12.3. The zero-order valence-corrected chi connectivity index (χ0v) is 31.7. The Hall–Kier alpha value is -6.94. The zero-order chi connectivity index (χ0) is 37.2. The van der Waals surface area contributed by atoms with Crippen molar-refractivity contribution in [2.45, 2.75) is 0 Å². The molecule has 264 valence electrons. The van der Waals surface area contributed by atoms with E-state index in [-0.39, 0.29) is 0 Å². The van der Waals surface area contributed by atoms with Crippen molar-refractivity contribution < 1.29 is 0 Å². The number of hydrogen-bond donors (Lipinski definition) is 0. The van der Waals surface area contributed by atoms with Gasteiger partial charge in [-0.25, -0.2) is 0 Å². The van der Waals surface area contributed by atoms with Gasteiger partial charge in [0.1, 0.15) is 0 Å². The second-order valence-electron chi connectivity index (χ2n) is 14.6. The largest absolute Gasteiger partial charge is 0.341 e. The average molecular weight is 733 g/mol. The van der Waals surface area contributed by atoms with Gasteiger partial charge in [-0.05, 0) is 110 Å². The van der Waals surface area contributed by atoms with Gasteiger partial charge in [0, 0.05) is 32.9 Å². The summed E-state index contributed by atoms with van der Waals surface area (Å²) in [6.07, 6.45) is 0. The standard InChI is InChI=1S/C53H36N2S/c1-54-50-33-41(35-10-3-2-4-11-35)24-29-48(50)55(49-30-25-42(34-51(49)54)45-16-9-13-39-12-5-6-14-44(39)45)43-27-22-37(23-28-43)36-18-20-38(21-19-36)40-26-31-53-47(32-40)46-15-7-8-17-52(46)56-53/h2-34H,1H3. The average Bonchev–Trinajstić information content (AvgIpc) is 3.65. The summed E-state index contributed by atoms with van der Waals surface area (Å²) >= 11 is 1.86. The van der Waals surface area contributed by atoms with E-state index in [9.17, 15) is 0 Å². The van der Waals surface area contributed by atoms with Crippen molar-refractivity contribution in [2.24, 2.45) is 0 Å². The molecule has 56 heavy (non-hydrogen) atoms. The van der Waals surface area contributed by atoms with E-state index in [1.54, 1.807) is 0 Å². The fourth-order valence-corrected chi connectivity index (χ4v) is 9.61. The molecule has 1 aliphatic heterocycles. The van der Waals surface area contributed by atoms with Crippen LogP contribution in [0.25, 0.3) is 75.5 Å². The number of thiophene rings is 1. The first-order valence-electron chi connectivity index (χ1n) is 19.1. The van der Waals surface area contributed by atoms with Crippen molar-refractivity contribution in [1.82, 2.24) is 0 Å². The van der Waals surface area contributed by atoms with Crippen LogP contribution in [-0.4, -0.2) is 7.05 Å². The highest BCUT2D eigenvalue weighted by atomic mass is 32.1. The SMILES string of the molecule is CN1c2cc(-c3ccccc3)ccc2N(c2ccc(-c3ccc(-c4ccc5sc6ccccc6c5c4)cc3)cc2)c2ccc(-c3cccc4ccccc34)cc21. The summed E-state index contributed by atoms with van der Waals surface area (Å²) in [5, 5.41) is 5.17. The molecule has 11 rings (SSSR count). The van der Waals surface area contributed by atoms with Crippen LogP contribution in [0, 0.1) is 0 Å². The van der Waals surface area contributed by atoms with E-state index in [1.807, 2.05) is 11.3 Å². The van der Waals surface area contributed by atoms with Crippen LogP contribution >= 0.6 is 11.3 Å². The molecule has 0 radical (unpaired) electrons. The van der Waals surface area contributed by atoms with Gasteiger partial charge in [-0.1, -0.05) is 146 Å². The van der Waals surface area contributed by atoms with Crippen LogP contribution in [0.3, 0.4) is 0 Å². The minimum Gasteiger partial charge on any atom is -0.341 e. The molecule has 3 heteroatoms. The minimum absolute atomic E-state index is 1.13. The van der Waals surface area contributed by atoms with Gasteiger partial charge in [-0.3, -0.25) is 0 Å². The summed E-state index contributed by atoms with van der Waals surface area (Å²) in [5.74, 6) is 0. The van der Waals surface area contributed by atoms with E-state index < -0.39 is 0 Å². The van der Waals surface area contributed by atoms with Crippen molar-refractivity contribution in [3.05, 3.63) is 200 Å². The van der Waals surface area contributed by atoms with Crippen LogP contribution in [0.2, 0.25) is 0 Å². The third-order valence-corrected chi connectivity index (χ3v) is 12.6. The molecular formula is C53H36N2S. The number of fused-ring (bicyclic) bond motifs is 6. The predicted molar refractivity (Wildman–Crippen MR) is 241 cm³/mol. The van der Waals surface area contributed by atoms with Crippen molar-refractivity contribution in [3.8, 4) is 44.5 Å². The molecule has 2 nitrogen and oxygen atoms in total. The predicted octanol–water partition coefficient (Wildman–Crippen LogP) is 15.4. The highest BCUT2D eigenvalue weighted by molar-refractivity contribution is 7.25. The maximum Gasteiger partial charge on any atom is 0.0700 e. The van der Waals surface area contributed by atoms with Crippen molar-refractivity contribution in [1.29, 1.82) is 0 Å². The third-order valence-electron chi connectivity index (χ3n) is 11.4. The van der Waals surface area contributed by atoms with Gasteiger partial charge in [0.15, 0.2) is 0 Å². The monoisotopic (exact) mass is 732 g/mol. The molecule has 10 aromatic rings. The molecule has 1 aliphatic rings. The summed E-state index contributed by atoms with van der Waals surface area (Å²) in [6, 6.07) is 73.3. The van der Waals surface area contributed by atoms with Crippen LogP contribution in [0.15, 0.2) is 200 Å².